The molecule has 0 saturated carbocycles. The van der Waals surface area contributed by atoms with Crippen molar-refractivity contribution in [3.8, 4) is 11.7 Å². The fraction of sp³-hybridized carbons (Fsp3) is 0.417. The van der Waals surface area contributed by atoms with Crippen LogP contribution in [0.1, 0.15) is 42.5 Å². The van der Waals surface area contributed by atoms with E-state index in [1.54, 1.807) is 6.20 Å². The highest BCUT2D eigenvalue weighted by molar-refractivity contribution is 5.91. The number of hydrogen-bond acceptors (Lipinski definition) is 6. The number of aryl methyl sites for hydroxylation is 1. The van der Waals surface area contributed by atoms with Crippen LogP contribution in [0.25, 0.3) is 5.82 Å². The van der Waals surface area contributed by atoms with Crippen molar-refractivity contribution in [2.75, 3.05) is 25.0 Å². The van der Waals surface area contributed by atoms with Gasteiger partial charge in [-0.05, 0) is 56.0 Å². The van der Waals surface area contributed by atoms with Crippen LogP contribution in [0.3, 0.4) is 0 Å². The molecule has 1 N–H and O–H groups in total. The number of anilines is 1. The highest BCUT2D eigenvalue weighted by atomic mass is 16.5. The van der Waals surface area contributed by atoms with Gasteiger partial charge in [0.05, 0.1) is 12.3 Å². The summed E-state index contributed by atoms with van der Waals surface area (Å²) >= 11 is 0. The number of carbonyl (C=O) groups is 1. The standard InChI is InChI=1S/C24H28N6O2/c31-22-8-5-6-18-9-10-23(27-24(18)26-22)32-15-4-3-13-29-14-11-20-19(16-29)17-30(28-20)21-7-1-2-12-25-21/h1-2,7,9-10,12,17H,3-6,8,11,13-16H2,(H,26,27,31). The van der Waals surface area contributed by atoms with E-state index in [-0.39, 0.29) is 5.91 Å². The quantitative estimate of drug-likeness (QED) is 0.578. The number of ether oxygens (including phenoxy) is 1. The van der Waals surface area contributed by atoms with Gasteiger partial charge in [0, 0.05) is 50.0 Å². The van der Waals surface area contributed by atoms with E-state index in [9.17, 15) is 4.79 Å². The van der Waals surface area contributed by atoms with Crippen LogP contribution in [0.15, 0.2) is 42.7 Å². The second-order valence-corrected chi connectivity index (χ2v) is 8.37. The molecule has 32 heavy (non-hydrogen) atoms. The number of amides is 1. The van der Waals surface area contributed by atoms with Gasteiger partial charge in [-0.2, -0.15) is 10.1 Å². The van der Waals surface area contributed by atoms with Gasteiger partial charge >= 0.3 is 0 Å². The number of rotatable bonds is 7. The minimum Gasteiger partial charge on any atom is -0.478 e. The smallest absolute Gasteiger partial charge is 0.225 e. The molecule has 0 atom stereocenters. The molecule has 0 unspecified atom stereocenters. The zero-order chi connectivity index (χ0) is 21.8. The minimum atomic E-state index is 0.0312. The third-order valence-corrected chi connectivity index (χ3v) is 6.00. The van der Waals surface area contributed by atoms with Gasteiger partial charge < -0.3 is 10.1 Å². The van der Waals surface area contributed by atoms with Crippen LogP contribution >= 0.6 is 0 Å². The van der Waals surface area contributed by atoms with Gasteiger partial charge in [-0.1, -0.05) is 6.07 Å². The predicted octanol–water partition coefficient (Wildman–Crippen LogP) is 3.15. The van der Waals surface area contributed by atoms with E-state index >= 15 is 0 Å². The second kappa shape index (κ2) is 9.48. The molecule has 5 heterocycles. The highest BCUT2D eigenvalue weighted by Gasteiger charge is 2.20. The molecule has 8 heteroatoms. The maximum absolute atomic E-state index is 11.8. The molecule has 0 radical (unpaired) electrons. The van der Waals surface area contributed by atoms with Crippen molar-refractivity contribution in [3.05, 3.63) is 59.5 Å². The Kier molecular flexibility index (Phi) is 6.11. The van der Waals surface area contributed by atoms with Crippen molar-refractivity contribution in [2.45, 2.75) is 45.1 Å². The maximum Gasteiger partial charge on any atom is 0.225 e. The number of unbranched alkanes of at least 4 members (excludes halogenated alkanes) is 1. The van der Waals surface area contributed by atoms with Gasteiger partial charge in [-0.15, -0.1) is 0 Å². The Labute approximate surface area is 187 Å². The summed E-state index contributed by atoms with van der Waals surface area (Å²) in [6.07, 6.45) is 9.18. The van der Waals surface area contributed by atoms with Crippen LogP contribution in [0.2, 0.25) is 0 Å². The van der Waals surface area contributed by atoms with E-state index in [0.717, 1.165) is 63.1 Å². The lowest BCUT2D eigenvalue weighted by molar-refractivity contribution is -0.116. The number of hydrogen-bond donors (Lipinski definition) is 1. The van der Waals surface area contributed by atoms with E-state index in [2.05, 4.69) is 26.4 Å². The number of fused-ring (bicyclic) bond motifs is 2. The molecule has 2 aliphatic rings. The molecule has 0 aliphatic carbocycles. The molecule has 8 nitrogen and oxygen atoms in total. The van der Waals surface area contributed by atoms with Crippen molar-refractivity contribution in [1.82, 2.24) is 24.6 Å². The first kappa shape index (κ1) is 20.6. The van der Waals surface area contributed by atoms with Crippen LogP contribution in [0.5, 0.6) is 5.88 Å². The molecule has 1 amide bonds. The average molecular weight is 433 g/mol. The largest absolute Gasteiger partial charge is 0.478 e. The lowest BCUT2D eigenvalue weighted by Gasteiger charge is -2.25. The van der Waals surface area contributed by atoms with Crippen LogP contribution in [-0.4, -0.2) is 50.3 Å². The lowest BCUT2D eigenvalue weighted by atomic mass is 10.1. The summed E-state index contributed by atoms with van der Waals surface area (Å²) in [7, 11) is 0. The summed E-state index contributed by atoms with van der Waals surface area (Å²) in [5.41, 5.74) is 3.55. The van der Waals surface area contributed by atoms with Gasteiger partial charge in [-0.3, -0.25) is 9.69 Å². The molecule has 3 aromatic rings. The number of aromatic nitrogens is 4. The topological polar surface area (TPSA) is 85.2 Å². The molecule has 3 aromatic heterocycles. The van der Waals surface area contributed by atoms with Crippen molar-refractivity contribution in [3.63, 3.8) is 0 Å². The molecule has 5 rings (SSSR count). The van der Waals surface area contributed by atoms with Crippen molar-refractivity contribution < 1.29 is 9.53 Å². The number of carbonyl (C=O) groups excluding carboxylic acids is 1. The molecule has 0 aromatic carbocycles. The maximum atomic E-state index is 11.8. The Morgan fingerprint density at radius 1 is 1.06 bits per heavy atom. The summed E-state index contributed by atoms with van der Waals surface area (Å²) in [6.45, 7) is 3.61. The molecular formula is C24H28N6O2. The molecule has 2 aliphatic heterocycles. The van der Waals surface area contributed by atoms with E-state index in [1.165, 1.54) is 11.3 Å². The van der Waals surface area contributed by atoms with Crippen molar-refractivity contribution in [2.24, 2.45) is 0 Å². The monoisotopic (exact) mass is 432 g/mol. The zero-order valence-electron chi connectivity index (χ0n) is 18.2. The Balaban J connectivity index is 1.07. The normalized spacial score (nSPS) is 16.1. The fourth-order valence-corrected chi connectivity index (χ4v) is 4.28. The molecule has 0 spiro atoms. The van der Waals surface area contributed by atoms with E-state index < -0.39 is 0 Å². The zero-order valence-corrected chi connectivity index (χ0v) is 18.2. The second-order valence-electron chi connectivity index (χ2n) is 8.37. The molecule has 0 saturated heterocycles. The Hall–Kier alpha value is -3.26. The van der Waals surface area contributed by atoms with E-state index in [1.807, 2.05) is 35.0 Å². The first-order valence-electron chi connectivity index (χ1n) is 11.4. The van der Waals surface area contributed by atoms with E-state index in [0.29, 0.717) is 24.7 Å². The van der Waals surface area contributed by atoms with Crippen molar-refractivity contribution in [1.29, 1.82) is 0 Å². The first-order valence-corrected chi connectivity index (χ1v) is 11.4. The van der Waals surface area contributed by atoms with Gasteiger partial charge in [-0.25, -0.2) is 9.67 Å². The highest BCUT2D eigenvalue weighted by Crippen LogP contribution is 2.23. The van der Waals surface area contributed by atoms with Crippen LogP contribution in [-0.2, 0) is 24.2 Å². The number of pyridine rings is 2. The molecular weight excluding hydrogens is 404 g/mol. The summed E-state index contributed by atoms with van der Waals surface area (Å²) in [5, 5.41) is 7.59. The summed E-state index contributed by atoms with van der Waals surface area (Å²) in [4.78, 5) is 23.1. The first-order chi connectivity index (χ1) is 15.7. The predicted molar refractivity (Wildman–Crippen MR) is 121 cm³/mol. The fourth-order valence-electron chi connectivity index (χ4n) is 4.28. The van der Waals surface area contributed by atoms with Crippen LogP contribution in [0, 0.1) is 0 Å². The Morgan fingerprint density at radius 3 is 2.94 bits per heavy atom. The van der Waals surface area contributed by atoms with Gasteiger partial charge in [0.15, 0.2) is 5.82 Å². The third kappa shape index (κ3) is 4.80. The minimum absolute atomic E-state index is 0.0312. The van der Waals surface area contributed by atoms with Gasteiger partial charge in [0.1, 0.15) is 5.82 Å². The SMILES string of the molecule is O=C1CCCc2ccc(OCCCCN3CCc4nn(-c5ccccn5)cc4C3)nc2N1. The molecule has 166 valence electrons. The number of nitrogens with zero attached hydrogens (tertiary/aromatic N) is 5. The molecule has 0 bridgehead atoms. The third-order valence-electron chi connectivity index (χ3n) is 6.00. The van der Waals surface area contributed by atoms with Gasteiger partial charge in [0.25, 0.3) is 0 Å². The lowest BCUT2D eigenvalue weighted by Crippen LogP contribution is -2.31. The Morgan fingerprint density at radius 2 is 2.03 bits per heavy atom. The molecule has 0 fully saturated rings. The summed E-state index contributed by atoms with van der Waals surface area (Å²) in [5.74, 6) is 2.12. The summed E-state index contributed by atoms with van der Waals surface area (Å²) in [6, 6.07) is 9.79. The van der Waals surface area contributed by atoms with Crippen LogP contribution < -0.4 is 10.1 Å². The summed E-state index contributed by atoms with van der Waals surface area (Å²) < 4.78 is 7.73. The number of nitrogens with one attached hydrogen (secondary N) is 1. The Bertz CT molecular complexity index is 1080. The average Bonchev–Trinajstić information content (AvgIpc) is 3.15. The van der Waals surface area contributed by atoms with Crippen LogP contribution in [0.4, 0.5) is 5.82 Å². The van der Waals surface area contributed by atoms with Crippen molar-refractivity contribution >= 4 is 11.7 Å². The van der Waals surface area contributed by atoms with E-state index in [4.69, 9.17) is 9.84 Å². The van der Waals surface area contributed by atoms with Gasteiger partial charge in [0.2, 0.25) is 11.8 Å².